The molecule has 0 saturated heterocycles. The van der Waals surface area contributed by atoms with Gasteiger partial charge in [-0.05, 0) is 35.6 Å². The van der Waals surface area contributed by atoms with Crippen molar-refractivity contribution in [3.63, 3.8) is 0 Å². The summed E-state index contributed by atoms with van der Waals surface area (Å²) < 4.78 is 15.3. The average Bonchev–Trinajstić information content (AvgIpc) is 2.83. The maximum absolute atomic E-state index is 6.34. The highest BCUT2D eigenvalue weighted by Crippen LogP contribution is 2.34. The Balaban J connectivity index is 1.92. The van der Waals surface area contributed by atoms with Gasteiger partial charge in [-0.2, -0.15) is 0 Å². The number of nitrogens with zero attached hydrogens (tertiary/aromatic N) is 2. The lowest BCUT2D eigenvalue weighted by Gasteiger charge is -2.14. The van der Waals surface area contributed by atoms with Crippen molar-refractivity contribution in [3.8, 4) is 11.5 Å². The number of rotatable bonds is 3. The van der Waals surface area contributed by atoms with E-state index in [4.69, 9.17) is 15.2 Å². The van der Waals surface area contributed by atoms with Crippen molar-refractivity contribution in [2.45, 2.75) is 25.8 Å². The van der Waals surface area contributed by atoms with Crippen LogP contribution in [0.5, 0.6) is 11.5 Å². The number of hydrogen-bond donors (Lipinski definition) is 1. The maximum atomic E-state index is 6.34. The Morgan fingerprint density at radius 3 is 2.90 bits per heavy atom. The molecule has 0 saturated carbocycles. The van der Waals surface area contributed by atoms with Gasteiger partial charge in [0.2, 0.25) is 0 Å². The number of aromatic nitrogens is 2. The van der Waals surface area contributed by atoms with E-state index in [1.165, 1.54) is 11.5 Å². The van der Waals surface area contributed by atoms with Crippen molar-refractivity contribution < 1.29 is 9.47 Å². The molecule has 1 aromatic heterocycles. The summed E-state index contributed by atoms with van der Waals surface area (Å²) in [5.41, 5.74) is 8.31. The SMILES string of the molecule is CCc1nnsc1C(N)c1ccc2c(c1)OCCCO2. The van der Waals surface area contributed by atoms with Crippen LogP contribution in [0.3, 0.4) is 0 Å². The molecule has 0 fully saturated rings. The molecule has 0 aliphatic carbocycles. The summed E-state index contributed by atoms with van der Waals surface area (Å²) in [6.07, 6.45) is 1.74. The van der Waals surface area contributed by atoms with Crippen molar-refractivity contribution in [2.24, 2.45) is 5.73 Å². The van der Waals surface area contributed by atoms with Crippen LogP contribution < -0.4 is 15.2 Å². The van der Waals surface area contributed by atoms with E-state index in [1.54, 1.807) is 0 Å². The number of fused-ring (bicyclic) bond motifs is 1. The number of aryl methyl sites for hydroxylation is 1. The molecule has 0 spiro atoms. The molecule has 1 atom stereocenters. The summed E-state index contributed by atoms with van der Waals surface area (Å²) in [6, 6.07) is 5.65. The van der Waals surface area contributed by atoms with E-state index in [2.05, 4.69) is 16.5 Å². The Bertz CT molecular complexity index is 600. The summed E-state index contributed by atoms with van der Waals surface area (Å²) in [6.45, 7) is 3.42. The zero-order chi connectivity index (χ0) is 13.9. The third-order valence-electron chi connectivity index (χ3n) is 3.33. The second-order valence-corrected chi connectivity index (χ2v) is 5.46. The van der Waals surface area contributed by atoms with Crippen LogP contribution in [0.15, 0.2) is 18.2 Å². The lowest BCUT2D eigenvalue weighted by molar-refractivity contribution is 0.297. The molecule has 2 heterocycles. The van der Waals surface area contributed by atoms with Crippen molar-refractivity contribution in [1.82, 2.24) is 9.59 Å². The van der Waals surface area contributed by atoms with Gasteiger partial charge in [-0.3, -0.25) is 0 Å². The van der Waals surface area contributed by atoms with Crippen LogP contribution in [0, 0.1) is 0 Å². The minimum atomic E-state index is -0.220. The second kappa shape index (κ2) is 5.76. The fraction of sp³-hybridized carbons (Fsp3) is 0.429. The van der Waals surface area contributed by atoms with Crippen LogP contribution in [0.2, 0.25) is 0 Å². The fourth-order valence-corrected chi connectivity index (χ4v) is 2.99. The van der Waals surface area contributed by atoms with Crippen LogP contribution in [0.1, 0.15) is 35.5 Å². The third-order valence-corrected chi connectivity index (χ3v) is 4.18. The summed E-state index contributed by atoms with van der Waals surface area (Å²) >= 11 is 1.36. The number of hydrogen-bond acceptors (Lipinski definition) is 6. The van der Waals surface area contributed by atoms with E-state index in [9.17, 15) is 0 Å². The molecule has 5 nitrogen and oxygen atoms in total. The molecule has 20 heavy (non-hydrogen) atoms. The normalized spacial score (nSPS) is 15.7. The first-order chi connectivity index (χ1) is 9.79. The minimum absolute atomic E-state index is 0.220. The molecule has 3 rings (SSSR count). The smallest absolute Gasteiger partial charge is 0.161 e. The van der Waals surface area contributed by atoms with Gasteiger partial charge in [-0.15, -0.1) is 5.10 Å². The van der Waals surface area contributed by atoms with Gasteiger partial charge in [0.1, 0.15) is 0 Å². The standard InChI is InChI=1S/C14H17N3O2S/c1-2-10-14(20-17-16-10)13(15)9-4-5-11-12(8-9)19-7-3-6-18-11/h4-5,8,13H,2-3,6-7,15H2,1H3. The zero-order valence-corrected chi connectivity index (χ0v) is 12.2. The molecule has 6 heteroatoms. The molecule has 0 bridgehead atoms. The van der Waals surface area contributed by atoms with Gasteiger partial charge >= 0.3 is 0 Å². The number of nitrogens with two attached hydrogens (primary N) is 1. The Labute approximate surface area is 121 Å². The number of ether oxygens (including phenoxy) is 2. The molecule has 1 unspecified atom stereocenters. The van der Waals surface area contributed by atoms with E-state index in [0.717, 1.165) is 40.5 Å². The van der Waals surface area contributed by atoms with E-state index >= 15 is 0 Å². The molecule has 0 radical (unpaired) electrons. The Morgan fingerprint density at radius 1 is 1.30 bits per heavy atom. The van der Waals surface area contributed by atoms with Gasteiger partial charge in [0, 0.05) is 6.42 Å². The molecule has 1 aliphatic heterocycles. The van der Waals surface area contributed by atoms with Gasteiger partial charge < -0.3 is 15.2 Å². The van der Waals surface area contributed by atoms with Crippen molar-refractivity contribution in [3.05, 3.63) is 34.3 Å². The van der Waals surface area contributed by atoms with Gasteiger partial charge in [0.25, 0.3) is 0 Å². The van der Waals surface area contributed by atoms with E-state index in [0.29, 0.717) is 13.2 Å². The highest BCUT2D eigenvalue weighted by molar-refractivity contribution is 7.05. The monoisotopic (exact) mass is 291 g/mol. The summed E-state index contributed by atoms with van der Waals surface area (Å²) in [5.74, 6) is 1.56. The lowest BCUT2D eigenvalue weighted by Crippen LogP contribution is -2.12. The first-order valence-corrected chi connectivity index (χ1v) is 7.53. The maximum Gasteiger partial charge on any atom is 0.161 e. The Hall–Kier alpha value is -1.66. The Morgan fingerprint density at radius 2 is 2.10 bits per heavy atom. The van der Waals surface area contributed by atoms with Gasteiger partial charge in [0.05, 0.1) is 29.8 Å². The predicted octanol–water partition coefficient (Wildman–Crippen LogP) is 2.31. The summed E-state index contributed by atoms with van der Waals surface area (Å²) in [4.78, 5) is 1.02. The first kappa shape index (κ1) is 13.3. The zero-order valence-electron chi connectivity index (χ0n) is 11.3. The van der Waals surface area contributed by atoms with Crippen LogP contribution >= 0.6 is 11.5 Å². The van der Waals surface area contributed by atoms with Gasteiger partial charge in [-0.1, -0.05) is 17.5 Å². The molecular formula is C14H17N3O2S. The van der Waals surface area contributed by atoms with E-state index < -0.39 is 0 Å². The van der Waals surface area contributed by atoms with Crippen LogP contribution in [-0.2, 0) is 6.42 Å². The summed E-state index contributed by atoms with van der Waals surface area (Å²) in [7, 11) is 0. The second-order valence-electron chi connectivity index (χ2n) is 4.67. The highest BCUT2D eigenvalue weighted by Gasteiger charge is 2.19. The number of benzene rings is 1. The quantitative estimate of drug-likeness (QED) is 0.939. The predicted molar refractivity (Wildman–Crippen MR) is 77.4 cm³/mol. The first-order valence-electron chi connectivity index (χ1n) is 6.76. The lowest BCUT2D eigenvalue weighted by atomic mass is 10.0. The largest absolute Gasteiger partial charge is 0.490 e. The molecule has 1 aromatic carbocycles. The molecule has 106 valence electrons. The highest BCUT2D eigenvalue weighted by atomic mass is 32.1. The topological polar surface area (TPSA) is 70.3 Å². The van der Waals surface area contributed by atoms with Gasteiger partial charge in [-0.25, -0.2) is 0 Å². The molecule has 1 aliphatic rings. The van der Waals surface area contributed by atoms with Crippen molar-refractivity contribution in [2.75, 3.05) is 13.2 Å². The van der Waals surface area contributed by atoms with E-state index in [-0.39, 0.29) is 6.04 Å². The van der Waals surface area contributed by atoms with E-state index in [1.807, 2.05) is 18.2 Å². The van der Waals surface area contributed by atoms with Crippen molar-refractivity contribution in [1.29, 1.82) is 0 Å². The molecule has 2 N–H and O–H groups in total. The molecule has 2 aromatic rings. The average molecular weight is 291 g/mol. The fourth-order valence-electron chi connectivity index (χ4n) is 2.22. The molecule has 0 amide bonds. The Kier molecular flexibility index (Phi) is 3.84. The molecular weight excluding hydrogens is 274 g/mol. The van der Waals surface area contributed by atoms with Crippen LogP contribution in [0.25, 0.3) is 0 Å². The van der Waals surface area contributed by atoms with Crippen LogP contribution in [0.4, 0.5) is 0 Å². The van der Waals surface area contributed by atoms with Gasteiger partial charge in [0.15, 0.2) is 11.5 Å². The minimum Gasteiger partial charge on any atom is -0.490 e. The van der Waals surface area contributed by atoms with Crippen LogP contribution in [-0.4, -0.2) is 22.8 Å². The third kappa shape index (κ3) is 2.48. The van der Waals surface area contributed by atoms with Crippen molar-refractivity contribution >= 4 is 11.5 Å². The summed E-state index contributed by atoms with van der Waals surface area (Å²) in [5, 5.41) is 4.12.